The molecule has 2 aromatic rings. The van der Waals surface area contributed by atoms with Gasteiger partial charge in [0.05, 0.1) is 17.7 Å². The fourth-order valence-electron chi connectivity index (χ4n) is 2.12. The monoisotopic (exact) mass is 287 g/mol. The molecule has 1 heterocycles. The largest absolute Gasteiger partial charge is 0.394 e. The van der Waals surface area contributed by atoms with E-state index < -0.39 is 5.54 Å². The van der Waals surface area contributed by atoms with E-state index in [2.05, 4.69) is 10.3 Å². The first kappa shape index (κ1) is 15.3. The highest BCUT2D eigenvalue weighted by atomic mass is 16.3. The average Bonchev–Trinajstić information content (AvgIpc) is 2.52. The van der Waals surface area contributed by atoms with Gasteiger partial charge < -0.3 is 15.3 Å². The van der Waals surface area contributed by atoms with E-state index in [0.29, 0.717) is 5.56 Å². The molecule has 2 N–H and O–H groups in total. The zero-order valence-corrected chi connectivity index (χ0v) is 12.8. The minimum Gasteiger partial charge on any atom is -0.394 e. The third-order valence-corrected chi connectivity index (χ3v) is 3.86. The Morgan fingerprint density at radius 2 is 1.95 bits per heavy atom. The number of aliphatic hydroxyl groups is 1. The van der Waals surface area contributed by atoms with Crippen molar-refractivity contribution in [2.24, 2.45) is 0 Å². The van der Waals surface area contributed by atoms with Gasteiger partial charge in [-0.05, 0) is 19.2 Å². The lowest BCUT2D eigenvalue weighted by Crippen LogP contribution is -2.47. The highest BCUT2D eigenvalue weighted by Crippen LogP contribution is 2.26. The zero-order chi connectivity index (χ0) is 15.6. The summed E-state index contributed by atoms with van der Waals surface area (Å²) in [5.74, 6) is 0.589. The lowest BCUT2D eigenvalue weighted by atomic mass is 10.0. The SMILES string of the molecule is CNc1ncc(C(=O)N(C)C(C)(C)CO)c2ccccc12. The molecule has 0 saturated carbocycles. The van der Waals surface area contributed by atoms with Gasteiger partial charge in [0.2, 0.25) is 0 Å². The standard InChI is InChI=1S/C16H21N3O2/c1-16(2,10-20)19(4)15(21)13-9-18-14(17-3)12-8-6-5-7-11(12)13/h5-9,20H,10H2,1-4H3,(H,17,18). The first-order valence-corrected chi connectivity index (χ1v) is 6.87. The van der Waals surface area contributed by atoms with Crippen molar-refractivity contribution < 1.29 is 9.90 Å². The quantitative estimate of drug-likeness (QED) is 0.904. The van der Waals surface area contributed by atoms with Crippen molar-refractivity contribution in [1.29, 1.82) is 0 Å². The number of likely N-dealkylation sites (N-methyl/N-ethyl adjacent to an activating group) is 1. The molecule has 1 aromatic heterocycles. The van der Waals surface area contributed by atoms with Crippen LogP contribution in [-0.4, -0.2) is 47.1 Å². The fraction of sp³-hybridized carbons (Fsp3) is 0.375. The van der Waals surface area contributed by atoms with Crippen molar-refractivity contribution in [2.45, 2.75) is 19.4 Å². The molecule has 21 heavy (non-hydrogen) atoms. The van der Waals surface area contributed by atoms with Gasteiger partial charge in [-0.3, -0.25) is 4.79 Å². The van der Waals surface area contributed by atoms with Gasteiger partial charge in [0.15, 0.2) is 0 Å². The van der Waals surface area contributed by atoms with E-state index in [9.17, 15) is 9.90 Å². The maximum atomic E-state index is 12.7. The number of hydrogen-bond acceptors (Lipinski definition) is 4. The maximum Gasteiger partial charge on any atom is 0.256 e. The number of pyridine rings is 1. The van der Waals surface area contributed by atoms with Gasteiger partial charge >= 0.3 is 0 Å². The molecule has 0 fully saturated rings. The molecule has 1 aromatic carbocycles. The van der Waals surface area contributed by atoms with Crippen LogP contribution in [0.1, 0.15) is 24.2 Å². The molecule has 0 unspecified atom stereocenters. The fourth-order valence-corrected chi connectivity index (χ4v) is 2.12. The molecule has 112 valence electrons. The van der Waals surface area contributed by atoms with Crippen molar-refractivity contribution in [3.8, 4) is 0 Å². The third kappa shape index (κ3) is 2.69. The highest BCUT2D eigenvalue weighted by molar-refractivity contribution is 6.09. The number of carbonyl (C=O) groups is 1. The van der Waals surface area contributed by atoms with Crippen LogP contribution >= 0.6 is 0 Å². The van der Waals surface area contributed by atoms with Gasteiger partial charge in [-0.15, -0.1) is 0 Å². The second-order valence-corrected chi connectivity index (χ2v) is 5.65. The summed E-state index contributed by atoms with van der Waals surface area (Å²) in [6.07, 6.45) is 1.58. The molecule has 0 atom stereocenters. The van der Waals surface area contributed by atoms with E-state index in [1.807, 2.05) is 38.1 Å². The van der Waals surface area contributed by atoms with Gasteiger partial charge in [-0.25, -0.2) is 4.98 Å². The van der Waals surface area contributed by atoms with Gasteiger partial charge in [0, 0.05) is 25.7 Å². The minimum absolute atomic E-state index is 0.102. The molecule has 0 aliphatic carbocycles. The third-order valence-electron chi connectivity index (χ3n) is 3.86. The van der Waals surface area contributed by atoms with Crippen LogP contribution < -0.4 is 5.32 Å². The number of rotatable bonds is 4. The van der Waals surface area contributed by atoms with Crippen molar-refractivity contribution in [2.75, 3.05) is 26.0 Å². The van der Waals surface area contributed by atoms with Crippen LogP contribution in [0.15, 0.2) is 30.5 Å². The number of hydrogen-bond donors (Lipinski definition) is 2. The molecular formula is C16H21N3O2. The van der Waals surface area contributed by atoms with Crippen molar-refractivity contribution >= 4 is 22.5 Å². The van der Waals surface area contributed by atoms with E-state index in [1.54, 1.807) is 25.2 Å². The Balaban J connectivity index is 2.55. The second-order valence-electron chi connectivity index (χ2n) is 5.65. The Morgan fingerprint density at radius 3 is 2.52 bits per heavy atom. The summed E-state index contributed by atoms with van der Waals surface area (Å²) in [5, 5.41) is 14.2. The van der Waals surface area contributed by atoms with Gasteiger partial charge in [0.25, 0.3) is 5.91 Å². The Labute approximate surface area is 124 Å². The number of amides is 1. The highest BCUT2D eigenvalue weighted by Gasteiger charge is 2.28. The average molecular weight is 287 g/mol. The van der Waals surface area contributed by atoms with Crippen LogP contribution in [0, 0.1) is 0 Å². The zero-order valence-electron chi connectivity index (χ0n) is 12.8. The van der Waals surface area contributed by atoms with E-state index in [0.717, 1.165) is 16.6 Å². The first-order valence-electron chi connectivity index (χ1n) is 6.87. The van der Waals surface area contributed by atoms with E-state index in [4.69, 9.17) is 0 Å². The number of carbonyl (C=O) groups excluding carboxylic acids is 1. The Kier molecular flexibility index (Phi) is 4.14. The molecule has 2 rings (SSSR count). The summed E-state index contributed by atoms with van der Waals surface area (Å²) >= 11 is 0. The van der Waals surface area contributed by atoms with Crippen LogP contribution in [0.5, 0.6) is 0 Å². The number of aliphatic hydroxyl groups excluding tert-OH is 1. The molecule has 5 heteroatoms. The van der Waals surface area contributed by atoms with E-state index >= 15 is 0 Å². The summed E-state index contributed by atoms with van der Waals surface area (Å²) in [6.45, 7) is 3.54. The topological polar surface area (TPSA) is 65.5 Å². The molecule has 0 radical (unpaired) electrons. The Hall–Kier alpha value is -2.14. The number of anilines is 1. The Bertz CT molecular complexity index is 668. The van der Waals surface area contributed by atoms with Crippen LogP contribution in [0.25, 0.3) is 10.8 Å². The predicted octanol–water partition coefficient (Wildman–Crippen LogP) is 2.12. The summed E-state index contributed by atoms with van der Waals surface area (Å²) in [5.41, 5.74) is -0.0894. The van der Waals surface area contributed by atoms with Crippen molar-refractivity contribution in [1.82, 2.24) is 9.88 Å². The van der Waals surface area contributed by atoms with E-state index in [-0.39, 0.29) is 12.5 Å². The number of aromatic nitrogens is 1. The Morgan fingerprint density at radius 1 is 1.33 bits per heavy atom. The number of nitrogens with zero attached hydrogens (tertiary/aromatic N) is 2. The predicted molar refractivity (Wildman–Crippen MR) is 84.5 cm³/mol. The number of fused-ring (bicyclic) bond motifs is 1. The maximum absolute atomic E-state index is 12.7. The lowest BCUT2D eigenvalue weighted by Gasteiger charge is -2.34. The van der Waals surface area contributed by atoms with Crippen LogP contribution in [0.3, 0.4) is 0 Å². The second kappa shape index (κ2) is 5.69. The summed E-state index contributed by atoms with van der Waals surface area (Å²) in [7, 11) is 3.50. The van der Waals surface area contributed by atoms with Crippen LogP contribution in [0.4, 0.5) is 5.82 Å². The van der Waals surface area contributed by atoms with Crippen LogP contribution in [0.2, 0.25) is 0 Å². The molecule has 5 nitrogen and oxygen atoms in total. The van der Waals surface area contributed by atoms with Gasteiger partial charge in [-0.1, -0.05) is 24.3 Å². The summed E-state index contributed by atoms with van der Waals surface area (Å²) < 4.78 is 0. The van der Waals surface area contributed by atoms with Crippen LogP contribution in [-0.2, 0) is 0 Å². The lowest BCUT2D eigenvalue weighted by molar-refractivity contribution is 0.0475. The van der Waals surface area contributed by atoms with Crippen molar-refractivity contribution in [3.05, 3.63) is 36.0 Å². The molecule has 0 aliphatic rings. The molecular weight excluding hydrogens is 266 g/mol. The molecule has 0 spiro atoms. The van der Waals surface area contributed by atoms with Gasteiger partial charge in [0.1, 0.15) is 5.82 Å². The summed E-state index contributed by atoms with van der Waals surface area (Å²) in [6, 6.07) is 7.66. The molecule has 0 aliphatic heterocycles. The number of benzene rings is 1. The molecule has 1 amide bonds. The molecule has 0 saturated heterocycles. The van der Waals surface area contributed by atoms with Crippen molar-refractivity contribution in [3.63, 3.8) is 0 Å². The number of nitrogens with one attached hydrogen (secondary N) is 1. The molecule has 0 bridgehead atoms. The smallest absolute Gasteiger partial charge is 0.256 e. The minimum atomic E-state index is -0.625. The van der Waals surface area contributed by atoms with Gasteiger partial charge in [-0.2, -0.15) is 0 Å². The summed E-state index contributed by atoms with van der Waals surface area (Å²) in [4.78, 5) is 18.6. The van der Waals surface area contributed by atoms with E-state index in [1.165, 1.54) is 0 Å². The normalized spacial score (nSPS) is 11.5. The first-order chi connectivity index (χ1) is 9.92.